The zero-order chi connectivity index (χ0) is 13.0. The van der Waals surface area contributed by atoms with Crippen LogP contribution in [-0.4, -0.2) is 62.6 Å². The molecule has 1 heterocycles. The molecule has 0 aromatic carbocycles. The monoisotopic (exact) mass is 253 g/mol. The molecule has 102 valence electrons. The minimum atomic E-state index is -0.0380. The van der Waals surface area contributed by atoms with E-state index in [1.165, 1.54) is 19.4 Å². The molecule has 2 fully saturated rings. The van der Waals surface area contributed by atoms with Crippen molar-refractivity contribution < 1.29 is 4.79 Å². The number of aliphatic imine (C=N–C) groups is 1. The molecule has 6 heteroatoms. The average Bonchev–Trinajstić information content (AvgIpc) is 3.14. The Kier molecular flexibility index (Phi) is 4.41. The van der Waals surface area contributed by atoms with Crippen LogP contribution in [0.1, 0.15) is 19.3 Å². The zero-order valence-electron chi connectivity index (χ0n) is 11.2. The van der Waals surface area contributed by atoms with Gasteiger partial charge >= 0.3 is 0 Å². The number of carbonyl (C=O) groups is 1. The molecule has 6 nitrogen and oxygen atoms in total. The second kappa shape index (κ2) is 6.04. The summed E-state index contributed by atoms with van der Waals surface area (Å²) in [6.07, 6.45) is 3.86. The molecule has 1 aliphatic carbocycles. The van der Waals surface area contributed by atoms with E-state index in [0.29, 0.717) is 12.0 Å². The molecule has 0 bridgehead atoms. The molecule has 0 aromatic rings. The van der Waals surface area contributed by atoms with E-state index in [1.807, 2.05) is 0 Å². The van der Waals surface area contributed by atoms with E-state index in [4.69, 9.17) is 0 Å². The molecular formula is C12H23N5O. The molecule has 2 rings (SSSR count). The van der Waals surface area contributed by atoms with Crippen molar-refractivity contribution >= 4 is 11.9 Å². The smallest absolute Gasteiger partial charge is 0.239 e. The Labute approximate surface area is 108 Å². The molecule has 0 aromatic heterocycles. The maximum Gasteiger partial charge on any atom is 0.239 e. The predicted molar refractivity (Wildman–Crippen MR) is 71.6 cm³/mol. The second-order valence-electron chi connectivity index (χ2n) is 4.95. The van der Waals surface area contributed by atoms with Crippen LogP contribution in [-0.2, 0) is 4.79 Å². The Morgan fingerprint density at radius 2 is 2.17 bits per heavy atom. The Morgan fingerprint density at radius 1 is 1.39 bits per heavy atom. The highest BCUT2D eigenvalue weighted by molar-refractivity contribution is 5.86. The lowest BCUT2D eigenvalue weighted by Crippen LogP contribution is -2.47. The van der Waals surface area contributed by atoms with Crippen LogP contribution < -0.4 is 16.0 Å². The number of rotatable bonds is 4. The lowest BCUT2D eigenvalue weighted by molar-refractivity contribution is -0.119. The van der Waals surface area contributed by atoms with Crippen LogP contribution >= 0.6 is 0 Å². The molecule has 3 N–H and O–H groups in total. The molecule has 0 radical (unpaired) electrons. The van der Waals surface area contributed by atoms with Crippen molar-refractivity contribution in [1.29, 1.82) is 0 Å². The number of likely N-dealkylation sites (N-methyl/N-ethyl adjacent to an activating group) is 1. The van der Waals surface area contributed by atoms with Crippen molar-refractivity contribution in [2.75, 3.05) is 33.7 Å². The Hall–Kier alpha value is -1.30. The summed E-state index contributed by atoms with van der Waals surface area (Å²) in [6, 6.07) is 1.28. The first-order chi connectivity index (χ1) is 8.72. The summed E-state index contributed by atoms with van der Waals surface area (Å²) in [7, 11) is 3.36. The molecule has 1 unspecified atom stereocenters. The van der Waals surface area contributed by atoms with Gasteiger partial charge in [-0.15, -0.1) is 0 Å². The van der Waals surface area contributed by atoms with Crippen LogP contribution in [0.4, 0.5) is 0 Å². The van der Waals surface area contributed by atoms with Gasteiger partial charge in [-0.25, -0.2) is 0 Å². The number of nitrogens with zero attached hydrogens (tertiary/aromatic N) is 2. The van der Waals surface area contributed by atoms with Crippen molar-refractivity contribution in [1.82, 2.24) is 20.9 Å². The molecule has 1 saturated heterocycles. The Morgan fingerprint density at radius 3 is 2.78 bits per heavy atom. The quantitative estimate of drug-likeness (QED) is 0.450. The lowest BCUT2D eigenvalue weighted by atomic mass is 10.3. The number of hydrogen-bond donors (Lipinski definition) is 3. The maximum absolute atomic E-state index is 11.2. The summed E-state index contributed by atoms with van der Waals surface area (Å²) in [5, 5.41) is 8.97. The third-order valence-electron chi connectivity index (χ3n) is 3.54. The van der Waals surface area contributed by atoms with E-state index < -0.39 is 0 Å². The summed E-state index contributed by atoms with van der Waals surface area (Å²) >= 11 is 0. The van der Waals surface area contributed by atoms with Crippen molar-refractivity contribution in [3.63, 3.8) is 0 Å². The predicted octanol–water partition coefficient (Wildman–Crippen LogP) is -0.866. The number of likely N-dealkylation sites (tertiary alicyclic amines) is 1. The number of nitrogens with one attached hydrogen (secondary N) is 3. The van der Waals surface area contributed by atoms with Crippen LogP contribution in [0.3, 0.4) is 0 Å². The van der Waals surface area contributed by atoms with Gasteiger partial charge in [0.2, 0.25) is 5.91 Å². The highest BCUT2D eigenvalue weighted by atomic mass is 16.1. The summed E-state index contributed by atoms with van der Waals surface area (Å²) in [6.45, 7) is 2.52. The van der Waals surface area contributed by atoms with Crippen LogP contribution in [0.15, 0.2) is 4.99 Å². The maximum atomic E-state index is 11.2. The average molecular weight is 253 g/mol. The van der Waals surface area contributed by atoms with E-state index in [2.05, 4.69) is 25.8 Å². The number of carbonyl (C=O) groups excluding carboxylic acids is 1. The minimum absolute atomic E-state index is 0.0380. The van der Waals surface area contributed by atoms with E-state index in [-0.39, 0.29) is 12.5 Å². The molecular weight excluding hydrogens is 230 g/mol. The first-order valence-corrected chi connectivity index (χ1v) is 6.64. The van der Waals surface area contributed by atoms with Gasteiger partial charge in [0.15, 0.2) is 5.96 Å². The van der Waals surface area contributed by atoms with E-state index in [9.17, 15) is 4.79 Å². The van der Waals surface area contributed by atoms with Gasteiger partial charge in [0, 0.05) is 39.3 Å². The lowest BCUT2D eigenvalue weighted by Gasteiger charge is -2.18. The largest absolute Gasteiger partial charge is 0.358 e. The summed E-state index contributed by atoms with van der Waals surface area (Å²) in [5.74, 6) is 0.672. The first kappa shape index (κ1) is 13.1. The van der Waals surface area contributed by atoms with Gasteiger partial charge in [-0.05, 0) is 19.3 Å². The highest BCUT2D eigenvalue weighted by Gasteiger charge is 2.34. The Balaban J connectivity index is 1.71. The number of amides is 1. The fourth-order valence-electron chi connectivity index (χ4n) is 2.32. The SMILES string of the molecule is CN=C(NCC(=O)NC)NC1CCN(C2CC2)C1. The third kappa shape index (κ3) is 3.60. The molecule has 1 atom stereocenters. The van der Waals surface area contributed by atoms with E-state index in [1.54, 1.807) is 14.1 Å². The van der Waals surface area contributed by atoms with Gasteiger partial charge in [0.1, 0.15) is 0 Å². The van der Waals surface area contributed by atoms with Crippen LogP contribution in [0.25, 0.3) is 0 Å². The number of guanidine groups is 1. The van der Waals surface area contributed by atoms with Gasteiger partial charge < -0.3 is 16.0 Å². The zero-order valence-corrected chi connectivity index (χ0v) is 11.2. The van der Waals surface area contributed by atoms with Gasteiger partial charge in [-0.2, -0.15) is 0 Å². The van der Waals surface area contributed by atoms with Gasteiger partial charge in [-0.1, -0.05) is 0 Å². The number of hydrogen-bond acceptors (Lipinski definition) is 3. The topological polar surface area (TPSA) is 68.8 Å². The second-order valence-corrected chi connectivity index (χ2v) is 4.95. The summed E-state index contributed by atoms with van der Waals surface area (Å²) < 4.78 is 0. The van der Waals surface area contributed by atoms with Gasteiger partial charge in [0.05, 0.1) is 6.54 Å². The van der Waals surface area contributed by atoms with Gasteiger partial charge in [0.25, 0.3) is 0 Å². The van der Waals surface area contributed by atoms with Crippen molar-refractivity contribution in [2.24, 2.45) is 4.99 Å². The fourth-order valence-corrected chi connectivity index (χ4v) is 2.32. The Bertz CT molecular complexity index is 326. The first-order valence-electron chi connectivity index (χ1n) is 6.64. The van der Waals surface area contributed by atoms with Crippen LogP contribution in [0.5, 0.6) is 0 Å². The highest BCUT2D eigenvalue weighted by Crippen LogP contribution is 2.29. The molecule has 1 saturated carbocycles. The molecule has 0 spiro atoms. The molecule has 18 heavy (non-hydrogen) atoms. The molecule has 1 aliphatic heterocycles. The summed E-state index contributed by atoms with van der Waals surface area (Å²) in [5.41, 5.74) is 0. The van der Waals surface area contributed by atoms with Crippen molar-refractivity contribution in [2.45, 2.75) is 31.3 Å². The van der Waals surface area contributed by atoms with Crippen LogP contribution in [0, 0.1) is 0 Å². The van der Waals surface area contributed by atoms with E-state index in [0.717, 1.165) is 19.0 Å². The fraction of sp³-hybridized carbons (Fsp3) is 0.833. The van der Waals surface area contributed by atoms with Crippen LogP contribution in [0.2, 0.25) is 0 Å². The standard InChI is InChI=1S/C12H23N5O/c1-13-11(18)7-15-12(14-2)16-9-5-6-17(8-9)10-3-4-10/h9-10H,3-8H2,1-2H3,(H,13,18)(H2,14,15,16). The normalized spacial score (nSPS) is 25.0. The van der Waals surface area contributed by atoms with Crippen molar-refractivity contribution in [3.05, 3.63) is 0 Å². The molecule has 2 aliphatic rings. The summed E-state index contributed by atoms with van der Waals surface area (Å²) in [4.78, 5) is 17.8. The third-order valence-corrected chi connectivity index (χ3v) is 3.54. The van der Waals surface area contributed by atoms with E-state index >= 15 is 0 Å². The minimum Gasteiger partial charge on any atom is -0.358 e. The van der Waals surface area contributed by atoms with Crippen molar-refractivity contribution in [3.8, 4) is 0 Å². The van der Waals surface area contributed by atoms with Gasteiger partial charge in [-0.3, -0.25) is 14.7 Å². The molecule has 1 amide bonds.